The number of nitrogens with two attached hydrogens (primary N) is 1. The number of carbonyl (C=O) groups excluding carboxylic acids is 2. The Bertz CT molecular complexity index is 716. The number of piperazine rings is 1. The van der Waals surface area contributed by atoms with Crippen LogP contribution < -0.4 is 16.0 Å². The summed E-state index contributed by atoms with van der Waals surface area (Å²) in [5.74, 6) is -0.360. The molecule has 1 aliphatic rings. The van der Waals surface area contributed by atoms with Crippen molar-refractivity contribution < 1.29 is 14.5 Å². The molecule has 1 saturated heterocycles. The molecule has 1 heterocycles. The molecule has 1 fully saturated rings. The number of nitro groups is 1. The van der Waals surface area contributed by atoms with Gasteiger partial charge < -0.3 is 20.9 Å². The highest BCUT2D eigenvalue weighted by molar-refractivity contribution is 5.96. The third kappa shape index (κ3) is 5.41. The first-order chi connectivity index (χ1) is 13.4. The van der Waals surface area contributed by atoms with E-state index in [2.05, 4.69) is 12.2 Å². The first-order valence-corrected chi connectivity index (χ1v) is 9.67. The van der Waals surface area contributed by atoms with Crippen molar-refractivity contribution in [2.24, 2.45) is 5.73 Å². The van der Waals surface area contributed by atoms with Crippen LogP contribution in [0.2, 0.25) is 0 Å². The highest BCUT2D eigenvalue weighted by Gasteiger charge is 2.26. The Balaban J connectivity index is 2.15. The zero-order valence-electron chi connectivity index (χ0n) is 16.5. The second kappa shape index (κ2) is 10.0. The van der Waals surface area contributed by atoms with Crippen LogP contribution in [-0.4, -0.2) is 60.4 Å². The lowest BCUT2D eigenvalue weighted by molar-refractivity contribution is -0.384. The van der Waals surface area contributed by atoms with E-state index in [4.69, 9.17) is 5.73 Å². The number of nitro benzene ring substituents is 1. The minimum atomic E-state index is -0.471. The van der Waals surface area contributed by atoms with Gasteiger partial charge in [-0.2, -0.15) is 0 Å². The summed E-state index contributed by atoms with van der Waals surface area (Å²) in [6.45, 7) is 5.96. The lowest BCUT2D eigenvalue weighted by Crippen LogP contribution is -2.48. The molecule has 1 atom stereocenters. The molecule has 3 N–H and O–H groups in total. The Hall–Kier alpha value is -2.68. The van der Waals surface area contributed by atoms with Gasteiger partial charge in [0.05, 0.1) is 4.92 Å². The number of hydrogen-bond acceptors (Lipinski definition) is 6. The molecule has 1 aliphatic heterocycles. The number of benzene rings is 1. The van der Waals surface area contributed by atoms with Gasteiger partial charge in [0.1, 0.15) is 5.69 Å². The van der Waals surface area contributed by atoms with Crippen LogP contribution in [0, 0.1) is 10.1 Å². The van der Waals surface area contributed by atoms with Crippen molar-refractivity contribution in [3.63, 3.8) is 0 Å². The fraction of sp³-hybridized carbons (Fsp3) is 0.579. The fourth-order valence-corrected chi connectivity index (χ4v) is 3.31. The minimum absolute atomic E-state index is 0.00120. The third-order valence-electron chi connectivity index (χ3n) is 5.03. The topological polar surface area (TPSA) is 122 Å². The number of amides is 2. The molecular weight excluding hydrogens is 362 g/mol. The molecule has 1 aromatic carbocycles. The lowest BCUT2D eigenvalue weighted by Gasteiger charge is -2.35. The maximum Gasteiger partial charge on any atom is 0.293 e. The molecule has 2 amide bonds. The molecule has 1 unspecified atom stereocenters. The van der Waals surface area contributed by atoms with Crippen molar-refractivity contribution >= 4 is 23.2 Å². The fourth-order valence-electron chi connectivity index (χ4n) is 3.31. The van der Waals surface area contributed by atoms with Gasteiger partial charge >= 0.3 is 0 Å². The van der Waals surface area contributed by atoms with E-state index in [-0.39, 0.29) is 29.1 Å². The van der Waals surface area contributed by atoms with E-state index in [1.807, 2.05) is 4.90 Å². The molecule has 9 nitrogen and oxygen atoms in total. The first kappa shape index (κ1) is 21.6. The van der Waals surface area contributed by atoms with E-state index < -0.39 is 4.92 Å². The van der Waals surface area contributed by atoms with Gasteiger partial charge in [0.2, 0.25) is 5.91 Å². The van der Waals surface area contributed by atoms with Gasteiger partial charge in [-0.1, -0.05) is 19.8 Å². The van der Waals surface area contributed by atoms with Crippen LogP contribution in [-0.2, 0) is 4.79 Å². The van der Waals surface area contributed by atoms with E-state index in [0.29, 0.717) is 38.4 Å². The normalized spacial score (nSPS) is 15.2. The van der Waals surface area contributed by atoms with Crippen LogP contribution >= 0.6 is 0 Å². The van der Waals surface area contributed by atoms with E-state index in [0.717, 1.165) is 19.3 Å². The summed E-state index contributed by atoms with van der Waals surface area (Å²) in [5.41, 5.74) is 6.31. The van der Waals surface area contributed by atoms with Crippen LogP contribution in [0.25, 0.3) is 0 Å². The molecule has 28 heavy (non-hydrogen) atoms. The number of hydrogen-bond donors (Lipinski definition) is 2. The summed E-state index contributed by atoms with van der Waals surface area (Å²) in [6, 6.07) is 4.38. The van der Waals surface area contributed by atoms with Crippen LogP contribution in [0.5, 0.6) is 0 Å². The van der Waals surface area contributed by atoms with E-state index in [1.54, 1.807) is 17.0 Å². The average molecular weight is 391 g/mol. The minimum Gasteiger partial charge on any atom is -0.362 e. The highest BCUT2D eigenvalue weighted by atomic mass is 16.6. The largest absolute Gasteiger partial charge is 0.362 e. The van der Waals surface area contributed by atoms with E-state index in [9.17, 15) is 19.7 Å². The molecular formula is C19H29N5O4. The molecule has 0 spiro atoms. The van der Waals surface area contributed by atoms with Crippen molar-refractivity contribution in [1.82, 2.24) is 10.2 Å². The maximum absolute atomic E-state index is 12.5. The number of nitrogens with one attached hydrogen (secondary N) is 1. The van der Waals surface area contributed by atoms with Gasteiger partial charge in [-0.05, 0) is 18.6 Å². The predicted octanol–water partition coefficient (Wildman–Crippen LogP) is 1.51. The van der Waals surface area contributed by atoms with E-state index >= 15 is 0 Å². The van der Waals surface area contributed by atoms with Gasteiger partial charge in [-0.25, -0.2) is 0 Å². The quantitative estimate of drug-likeness (QED) is 0.512. The summed E-state index contributed by atoms with van der Waals surface area (Å²) in [6.07, 6.45) is 2.73. The Morgan fingerprint density at radius 1 is 1.29 bits per heavy atom. The van der Waals surface area contributed by atoms with Gasteiger partial charge in [0.15, 0.2) is 0 Å². The molecule has 0 saturated carbocycles. The Morgan fingerprint density at radius 2 is 1.96 bits per heavy atom. The van der Waals surface area contributed by atoms with Gasteiger partial charge in [-0.3, -0.25) is 19.7 Å². The van der Waals surface area contributed by atoms with Crippen LogP contribution in [0.4, 0.5) is 11.4 Å². The number of carbonyl (C=O) groups is 2. The highest BCUT2D eigenvalue weighted by Crippen LogP contribution is 2.30. The molecule has 0 radical (unpaired) electrons. The van der Waals surface area contributed by atoms with Crippen LogP contribution in [0.1, 0.15) is 43.5 Å². The summed E-state index contributed by atoms with van der Waals surface area (Å²) in [7, 11) is 0. The maximum atomic E-state index is 12.5. The molecule has 0 aromatic heterocycles. The lowest BCUT2D eigenvalue weighted by atomic mass is 10.1. The number of anilines is 1. The molecule has 154 valence electrons. The van der Waals surface area contributed by atoms with Crippen molar-refractivity contribution in [1.29, 1.82) is 0 Å². The van der Waals surface area contributed by atoms with Crippen molar-refractivity contribution in [2.45, 2.75) is 39.2 Å². The summed E-state index contributed by atoms with van der Waals surface area (Å²) < 4.78 is 0. The van der Waals surface area contributed by atoms with Crippen molar-refractivity contribution in [3.8, 4) is 0 Å². The number of rotatable bonds is 8. The van der Waals surface area contributed by atoms with Gasteiger partial charge in [0.25, 0.3) is 11.6 Å². The summed E-state index contributed by atoms with van der Waals surface area (Å²) in [4.78, 5) is 38.7. The monoisotopic (exact) mass is 391 g/mol. The zero-order chi connectivity index (χ0) is 20.7. The molecule has 1 aromatic rings. The van der Waals surface area contributed by atoms with Gasteiger partial charge in [0, 0.05) is 57.3 Å². The van der Waals surface area contributed by atoms with Gasteiger partial charge in [-0.15, -0.1) is 0 Å². The number of unbranched alkanes of at least 4 members (excludes halogenated alkanes) is 1. The Labute approximate surface area is 165 Å². The molecule has 0 aliphatic carbocycles. The van der Waals surface area contributed by atoms with Crippen molar-refractivity contribution in [3.05, 3.63) is 33.9 Å². The van der Waals surface area contributed by atoms with E-state index in [1.165, 1.54) is 13.0 Å². The summed E-state index contributed by atoms with van der Waals surface area (Å²) >= 11 is 0. The Kier molecular flexibility index (Phi) is 7.74. The van der Waals surface area contributed by atoms with Crippen LogP contribution in [0.15, 0.2) is 18.2 Å². The Morgan fingerprint density at radius 3 is 2.50 bits per heavy atom. The van der Waals surface area contributed by atoms with Crippen molar-refractivity contribution in [2.75, 3.05) is 37.6 Å². The number of nitrogens with zero attached hydrogens (tertiary/aromatic N) is 3. The predicted molar refractivity (Wildman–Crippen MR) is 107 cm³/mol. The standard InChI is InChI=1S/C19H29N5O4/c1-3-4-5-16(13-20)21-19(26)15-6-7-17(18(12-15)24(27)28)23-10-8-22(9-11-23)14(2)25/h6-7,12,16H,3-5,8-11,13,20H2,1-2H3,(H,21,26). The second-order valence-electron chi connectivity index (χ2n) is 7.00. The summed E-state index contributed by atoms with van der Waals surface area (Å²) in [5, 5.41) is 14.5. The third-order valence-corrected chi connectivity index (χ3v) is 5.03. The average Bonchev–Trinajstić information content (AvgIpc) is 2.70. The first-order valence-electron chi connectivity index (χ1n) is 9.67. The smallest absolute Gasteiger partial charge is 0.293 e. The molecule has 0 bridgehead atoms. The second-order valence-corrected chi connectivity index (χ2v) is 7.00. The molecule has 2 rings (SSSR count). The zero-order valence-corrected chi connectivity index (χ0v) is 16.5. The SMILES string of the molecule is CCCCC(CN)NC(=O)c1ccc(N2CCN(C(C)=O)CC2)c([N+](=O)[O-])c1. The molecule has 9 heteroatoms. The van der Waals surface area contributed by atoms with Crippen LogP contribution in [0.3, 0.4) is 0 Å².